The Balaban J connectivity index is 1.20. The maximum atomic E-state index is 15.1. The van der Waals surface area contributed by atoms with Crippen LogP contribution < -0.4 is 0 Å². The monoisotopic (exact) mass is 458 g/mol. The van der Waals surface area contributed by atoms with Crippen molar-refractivity contribution in [3.8, 4) is 0 Å². The summed E-state index contributed by atoms with van der Waals surface area (Å²) in [6, 6.07) is 15.7. The van der Waals surface area contributed by atoms with Crippen LogP contribution in [-0.2, 0) is 0 Å². The first-order valence-corrected chi connectivity index (χ1v) is 14.2. The summed E-state index contributed by atoms with van der Waals surface area (Å²) in [5.74, 6) is 3.44. The second kappa shape index (κ2) is 10.8. The van der Waals surface area contributed by atoms with E-state index in [9.17, 15) is 0 Å². The van der Waals surface area contributed by atoms with Gasteiger partial charge in [-0.3, -0.25) is 0 Å². The van der Waals surface area contributed by atoms with Crippen LogP contribution in [0.2, 0.25) is 0 Å². The van der Waals surface area contributed by atoms with E-state index in [1.165, 1.54) is 67.2 Å². The molecule has 0 aliphatic heterocycles. The Morgan fingerprint density at radius 1 is 0.735 bits per heavy atom. The van der Waals surface area contributed by atoms with Gasteiger partial charge in [-0.25, -0.2) is 4.39 Å². The predicted octanol–water partition coefficient (Wildman–Crippen LogP) is 10.2. The standard InChI is InChI=1S/C33H43F/c1-3-24-6-10-30(11-7-24)32-21-20-31(22-33(32)34)29-18-16-28(17-19-29)27-14-12-26(13-15-27)25-8-4-23(2)5-9-25/h12-16,20-25,29-30H,3-11,17-19H2,1-2H3. The summed E-state index contributed by atoms with van der Waals surface area (Å²) in [7, 11) is 0. The molecule has 0 saturated heterocycles. The number of hydrogen-bond donors (Lipinski definition) is 0. The SMILES string of the molecule is CCC1CCC(c2ccc(C3CC=C(c4ccc(C5CCC(C)CC5)cc4)CC3)cc2F)CC1. The van der Waals surface area contributed by atoms with E-state index in [2.05, 4.69) is 56.3 Å². The third kappa shape index (κ3) is 5.34. The Morgan fingerprint density at radius 2 is 1.41 bits per heavy atom. The summed E-state index contributed by atoms with van der Waals surface area (Å²) in [5, 5.41) is 0. The lowest BCUT2D eigenvalue weighted by Gasteiger charge is -2.29. The van der Waals surface area contributed by atoms with Gasteiger partial charge >= 0.3 is 0 Å². The topological polar surface area (TPSA) is 0 Å². The molecule has 3 aliphatic rings. The van der Waals surface area contributed by atoms with Crippen molar-refractivity contribution < 1.29 is 4.39 Å². The fraction of sp³-hybridized carbons (Fsp3) is 0.576. The zero-order chi connectivity index (χ0) is 23.5. The maximum absolute atomic E-state index is 15.1. The van der Waals surface area contributed by atoms with Gasteiger partial charge in [0.2, 0.25) is 0 Å². The molecule has 1 unspecified atom stereocenters. The molecule has 1 heteroatoms. The van der Waals surface area contributed by atoms with Gasteiger partial charge in [0.25, 0.3) is 0 Å². The van der Waals surface area contributed by atoms with Crippen molar-refractivity contribution in [2.75, 3.05) is 0 Å². The highest BCUT2D eigenvalue weighted by molar-refractivity contribution is 5.67. The van der Waals surface area contributed by atoms with Gasteiger partial charge < -0.3 is 0 Å². The van der Waals surface area contributed by atoms with Crippen LogP contribution in [0, 0.1) is 17.7 Å². The van der Waals surface area contributed by atoms with Gasteiger partial charge in [-0.15, -0.1) is 0 Å². The molecule has 0 spiro atoms. The molecule has 2 aromatic carbocycles. The van der Waals surface area contributed by atoms with Gasteiger partial charge in [0, 0.05) is 0 Å². The number of halogens is 1. The Morgan fingerprint density at radius 3 is 2.03 bits per heavy atom. The van der Waals surface area contributed by atoms with E-state index in [-0.39, 0.29) is 5.82 Å². The number of allylic oxidation sites excluding steroid dienone is 2. The average Bonchev–Trinajstić information content (AvgIpc) is 2.89. The predicted molar refractivity (Wildman–Crippen MR) is 143 cm³/mol. The molecule has 0 amide bonds. The lowest BCUT2D eigenvalue weighted by Crippen LogP contribution is -2.14. The number of rotatable bonds is 5. The fourth-order valence-corrected chi connectivity index (χ4v) is 6.97. The minimum absolute atomic E-state index is 0.0416. The van der Waals surface area contributed by atoms with Gasteiger partial charge in [-0.05, 0) is 121 Å². The molecule has 182 valence electrons. The molecule has 0 radical (unpaired) electrons. The third-order valence-electron chi connectivity index (χ3n) is 9.54. The van der Waals surface area contributed by atoms with Crippen LogP contribution in [-0.4, -0.2) is 0 Å². The van der Waals surface area contributed by atoms with Crippen molar-refractivity contribution >= 4 is 5.57 Å². The lowest BCUT2D eigenvalue weighted by molar-refractivity contribution is 0.314. The van der Waals surface area contributed by atoms with E-state index in [0.717, 1.165) is 55.4 Å². The van der Waals surface area contributed by atoms with Gasteiger partial charge in [-0.1, -0.05) is 75.6 Å². The summed E-state index contributed by atoms with van der Waals surface area (Å²) >= 11 is 0. The second-order valence-electron chi connectivity index (χ2n) is 11.7. The normalized spacial score (nSPS) is 30.1. The largest absolute Gasteiger partial charge is 0.207 e. The molecule has 0 heterocycles. The van der Waals surface area contributed by atoms with E-state index in [1.54, 1.807) is 0 Å². The van der Waals surface area contributed by atoms with Crippen molar-refractivity contribution in [1.82, 2.24) is 0 Å². The summed E-state index contributed by atoms with van der Waals surface area (Å²) in [6.07, 6.45) is 17.2. The third-order valence-corrected chi connectivity index (χ3v) is 9.54. The molecular weight excluding hydrogens is 415 g/mol. The zero-order valence-electron chi connectivity index (χ0n) is 21.4. The van der Waals surface area contributed by atoms with E-state index in [1.807, 2.05) is 6.07 Å². The van der Waals surface area contributed by atoms with Gasteiger partial charge in [0.15, 0.2) is 0 Å². The van der Waals surface area contributed by atoms with Crippen molar-refractivity contribution in [2.24, 2.45) is 11.8 Å². The van der Waals surface area contributed by atoms with Crippen LogP contribution in [0.1, 0.15) is 131 Å². The van der Waals surface area contributed by atoms with Gasteiger partial charge in [0.1, 0.15) is 5.82 Å². The molecule has 0 nitrogen and oxygen atoms in total. The number of benzene rings is 2. The molecule has 0 aromatic heterocycles. The minimum Gasteiger partial charge on any atom is -0.207 e. The van der Waals surface area contributed by atoms with Crippen LogP contribution >= 0.6 is 0 Å². The molecule has 2 aromatic rings. The van der Waals surface area contributed by atoms with Gasteiger partial charge in [-0.2, -0.15) is 0 Å². The molecule has 3 aliphatic carbocycles. The molecular formula is C33H43F. The summed E-state index contributed by atoms with van der Waals surface area (Å²) in [6.45, 7) is 4.68. The van der Waals surface area contributed by atoms with Crippen LogP contribution in [0.25, 0.3) is 5.57 Å². The fourth-order valence-electron chi connectivity index (χ4n) is 6.97. The Kier molecular flexibility index (Phi) is 7.57. The summed E-state index contributed by atoms with van der Waals surface area (Å²) in [4.78, 5) is 0. The van der Waals surface area contributed by atoms with E-state index >= 15 is 4.39 Å². The second-order valence-corrected chi connectivity index (χ2v) is 11.7. The van der Waals surface area contributed by atoms with Crippen LogP contribution in [0.5, 0.6) is 0 Å². The Bertz CT molecular complexity index is 968. The van der Waals surface area contributed by atoms with E-state index in [0.29, 0.717) is 11.8 Å². The first kappa shape index (κ1) is 23.8. The first-order chi connectivity index (χ1) is 16.6. The summed E-state index contributed by atoms with van der Waals surface area (Å²) < 4.78 is 15.1. The van der Waals surface area contributed by atoms with E-state index in [4.69, 9.17) is 0 Å². The molecule has 5 rings (SSSR count). The molecule has 0 N–H and O–H groups in total. The minimum atomic E-state index is 0.0416. The molecule has 1 atom stereocenters. The average molecular weight is 459 g/mol. The highest BCUT2D eigenvalue weighted by atomic mass is 19.1. The van der Waals surface area contributed by atoms with Crippen molar-refractivity contribution in [3.05, 3.63) is 76.6 Å². The van der Waals surface area contributed by atoms with Crippen molar-refractivity contribution in [1.29, 1.82) is 0 Å². The van der Waals surface area contributed by atoms with Crippen LogP contribution in [0.4, 0.5) is 4.39 Å². The Labute approximate surface area is 207 Å². The molecule has 34 heavy (non-hydrogen) atoms. The van der Waals surface area contributed by atoms with Gasteiger partial charge in [0.05, 0.1) is 0 Å². The Hall–Kier alpha value is -1.89. The number of hydrogen-bond acceptors (Lipinski definition) is 0. The van der Waals surface area contributed by atoms with Crippen molar-refractivity contribution in [3.63, 3.8) is 0 Å². The lowest BCUT2D eigenvalue weighted by atomic mass is 9.76. The molecule has 2 fully saturated rings. The summed E-state index contributed by atoms with van der Waals surface area (Å²) in [5.41, 5.74) is 6.56. The van der Waals surface area contributed by atoms with Crippen LogP contribution in [0.3, 0.4) is 0 Å². The molecule has 0 bridgehead atoms. The zero-order valence-corrected chi connectivity index (χ0v) is 21.4. The highest BCUT2D eigenvalue weighted by Gasteiger charge is 2.25. The highest BCUT2D eigenvalue weighted by Crippen LogP contribution is 2.41. The first-order valence-electron chi connectivity index (χ1n) is 14.2. The van der Waals surface area contributed by atoms with Crippen molar-refractivity contribution in [2.45, 2.75) is 109 Å². The van der Waals surface area contributed by atoms with E-state index < -0.39 is 0 Å². The molecule has 2 saturated carbocycles. The quantitative estimate of drug-likeness (QED) is 0.418. The smallest absolute Gasteiger partial charge is 0.126 e. The van der Waals surface area contributed by atoms with Crippen LogP contribution in [0.15, 0.2) is 48.5 Å². The maximum Gasteiger partial charge on any atom is 0.126 e.